The van der Waals surface area contributed by atoms with E-state index < -0.39 is 0 Å². The minimum Gasteiger partial charge on any atom is -0.381 e. The molecule has 0 spiro atoms. The van der Waals surface area contributed by atoms with E-state index >= 15 is 0 Å². The number of aromatic nitrogens is 3. The van der Waals surface area contributed by atoms with Gasteiger partial charge >= 0.3 is 0 Å². The van der Waals surface area contributed by atoms with Crippen molar-refractivity contribution >= 4 is 5.69 Å². The molecule has 102 valence electrons. The third kappa shape index (κ3) is 4.09. The Kier molecular flexibility index (Phi) is 4.95. The highest BCUT2D eigenvalue weighted by molar-refractivity contribution is 5.44. The summed E-state index contributed by atoms with van der Waals surface area (Å²) in [5.74, 6) is 0.890. The summed E-state index contributed by atoms with van der Waals surface area (Å²) in [5, 5.41) is 3.49. The second kappa shape index (κ2) is 6.92. The Bertz CT molecular complexity index is 461. The van der Waals surface area contributed by atoms with Gasteiger partial charge in [0, 0.05) is 18.4 Å². The third-order valence-electron chi connectivity index (χ3n) is 3.17. The van der Waals surface area contributed by atoms with Crippen LogP contribution < -0.4 is 5.32 Å². The summed E-state index contributed by atoms with van der Waals surface area (Å²) >= 11 is 0. The van der Waals surface area contributed by atoms with Gasteiger partial charge in [0.25, 0.3) is 0 Å². The van der Waals surface area contributed by atoms with Gasteiger partial charge in [0.1, 0.15) is 12.1 Å². The standard InChI is InChI=1S/C15H22N4/c1-3-4-5-6-13(2)18-14-7-8-15(17-11-14)19-10-9-16-12-19/h7-13,18H,3-6H2,1-2H3. The van der Waals surface area contributed by atoms with Gasteiger partial charge in [-0.25, -0.2) is 9.97 Å². The van der Waals surface area contributed by atoms with Crippen molar-refractivity contribution in [2.45, 2.75) is 45.6 Å². The lowest BCUT2D eigenvalue weighted by Gasteiger charge is -2.15. The van der Waals surface area contributed by atoms with Crippen LogP contribution in [0.15, 0.2) is 37.1 Å². The zero-order valence-corrected chi connectivity index (χ0v) is 11.7. The number of hydrogen-bond donors (Lipinski definition) is 1. The second-order valence-corrected chi connectivity index (χ2v) is 4.92. The van der Waals surface area contributed by atoms with Crippen LogP contribution in [0.5, 0.6) is 0 Å². The van der Waals surface area contributed by atoms with Gasteiger partial charge in [-0.2, -0.15) is 0 Å². The maximum absolute atomic E-state index is 4.43. The first-order valence-corrected chi connectivity index (χ1v) is 7.00. The molecule has 2 aromatic rings. The predicted octanol–water partition coefficient (Wildman–Crippen LogP) is 3.65. The van der Waals surface area contributed by atoms with Crippen molar-refractivity contribution in [3.05, 3.63) is 37.1 Å². The van der Waals surface area contributed by atoms with Crippen LogP contribution in [0.25, 0.3) is 5.82 Å². The molecule has 0 aliphatic heterocycles. The maximum Gasteiger partial charge on any atom is 0.137 e. The van der Waals surface area contributed by atoms with Crippen molar-refractivity contribution in [1.29, 1.82) is 0 Å². The van der Waals surface area contributed by atoms with E-state index in [1.54, 1.807) is 12.5 Å². The van der Waals surface area contributed by atoms with Crippen molar-refractivity contribution in [2.24, 2.45) is 0 Å². The van der Waals surface area contributed by atoms with Gasteiger partial charge in [-0.3, -0.25) is 4.57 Å². The molecular weight excluding hydrogens is 236 g/mol. The van der Waals surface area contributed by atoms with Crippen LogP contribution in [0.3, 0.4) is 0 Å². The molecule has 0 bridgehead atoms. The average molecular weight is 258 g/mol. The SMILES string of the molecule is CCCCCC(C)Nc1ccc(-n2ccnc2)nc1. The Morgan fingerprint density at radius 2 is 2.21 bits per heavy atom. The molecule has 0 amide bonds. The number of unbranched alkanes of at least 4 members (excludes halogenated alkanes) is 2. The number of pyridine rings is 1. The molecule has 2 rings (SSSR count). The van der Waals surface area contributed by atoms with Crippen molar-refractivity contribution in [1.82, 2.24) is 14.5 Å². The fourth-order valence-electron chi connectivity index (χ4n) is 2.08. The minimum atomic E-state index is 0.493. The first-order chi connectivity index (χ1) is 9.29. The lowest BCUT2D eigenvalue weighted by atomic mass is 10.1. The molecule has 4 nitrogen and oxygen atoms in total. The molecule has 2 heterocycles. The van der Waals surface area contributed by atoms with E-state index in [0.29, 0.717) is 6.04 Å². The Morgan fingerprint density at radius 1 is 1.32 bits per heavy atom. The number of anilines is 1. The summed E-state index contributed by atoms with van der Waals surface area (Å²) in [6.07, 6.45) is 12.3. The lowest BCUT2D eigenvalue weighted by molar-refractivity contribution is 0.615. The molecule has 0 radical (unpaired) electrons. The molecule has 1 atom stereocenters. The highest BCUT2D eigenvalue weighted by Gasteiger charge is 2.03. The summed E-state index contributed by atoms with van der Waals surface area (Å²) in [6.45, 7) is 4.45. The zero-order chi connectivity index (χ0) is 13.5. The summed E-state index contributed by atoms with van der Waals surface area (Å²) < 4.78 is 1.90. The van der Waals surface area contributed by atoms with E-state index in [-0.39, 0.29) is 0 Å². The Morgan fingerprint density at radius 3 is 2.84 bits per heavy atom. The van der Waals surface area contributed by atoms with E-state index in [2.05, 4.69) is 35.2 Å². The van der Waals surface area contributed by atoms with Crippen LogP contribution in [0.4, 0.5) is 5.69 Å². The molecule has 0 aromatic carbocycles. The van der Waals surface area contributed by atoms with E-state index in [0.717, 1.165) is 11.5 Å². The summed E-state index contributed by atoms with van der Waals surface area (Å²) in [7, 11) is 0. The van der Waals surface area contributed by atoms with E-state index in [1.807, 2.05) is 23.0 Å². The molecule has 0 aliphatic carbocycles. The minimum absolute atomic E-state index is 0.493. The summed E-state index contributed by atoms with van der Waals surface area (Å²) in [6, 6.07) is 4.56. The average Bonchev–Trinajstić information content (AvgIpc) is 2.94. The lowest BCUT2D eigenvalue weighted by Crippen LogP contribution is -2.15. The maximum atomic E-state index is 4.43. The van der Waals surface area contributed by atoms with Gasteiger partial charge < -0.3 is 5.32 Å². The quantitative estimate of drug-likeness (QED) is 0.771. The fraction of sp³-hybridized carbons (Fsp3) is 0.467. The van der Waals surface area contributed by atoms with E-state index in [4.69, 9.17) is 0 Å². The van der Waals surface area contributed by atoms with E-state index in [9.17, 15) is 0 Å². The molecule has 1 unspecified atom stereocenters. The molecule has 19 heavy (non-hydrogen) atoms. The molecule has 1 N–H and O–H groups in total. The highest BCUT2D eigenvalue weighted by atomic mass is 15.1. The van der Waals surface area contributed by atoms with Crippen LogP contribution in [0.2, 0.25) is 0 Å². The molecule has 4 heteroatoms. The Balaban J connectivity index is 1.88. The molecule has 0 fully saturated rings. The van der Waals surface area contributed by atoms with Crippen LogP contribution in [0, 0.1) is 0 Å². The van der Waals surface area contributed by atoms with Crippen molar-refractivity contribution < 1.29 is 0 Å². The first-order valence-electron chi connectivity index (χ1n) is 7.00. The molecule has 0 saturated heterocycles. The van der Waals surface area contributed by atoms with Crippen LogP contribution in [-0.4, -0.2) is 20.6 Å². The van der Waals surface area contributed by atoms with Gasteiger partial charge in [0.05, 0.1) is 11.9 Å². The van der Waals surface area contributed by atoms with Gasteiger partial charge in [-0.1, -0.05) is 26.2 Å². The number of hydrogen-bond acceptors (Lipinski definition) is 3. The Labute approximate surface area is 114 Å². The van der Waals surface area contributed by atoms with Gasteiger partial charge in [-0.15, -0.1) is 0 Å². The van der Waals surface area contributed by atoms with Gasteiger partial charge in [-0.05, 0) is 25.5 Å². The third-order valence-corrected chi connectivity index (χ3v) is 3.17. The summed E-state index contributed by atoms with van der Waals surface area (Å²) in [5.41, 5.74) is 1.08. The molecule has 2 aromatic heterocycles. The van der Waals surface area contributed by atoms with Crippen molar-refractivity contribution in [3.8, 4) is 5.82 Å². The predicted molar refractivity (Wildman–Crippen MR) is 78.6 cm³/mol. The highest BCUT2D eigenvalue weighted by Crippen LogP contribution is 2.13. The van der Waals surface area contributed by atoms with Gasteiger partial charge in [0.15, 0.2) is 0 Å². The van der Waals surface area contributed by atoms with Gasteiger partial charge in [0.2, 0.25) is 0 Å². The van der Waals surface area contributed by atoms with E-state index in [1.165, 1.54) is 25.7 Å². The normalized spacial score (nSPS) is 12.3. The summed E-state index contributed by atoms with van der Waals surface area (Å²) in [4.78, 5) is 8.45. The monoisotopic (exact) mass is 258 g/mol. The van der Waals surface area contributed by atoms with Crippen LogP contribution in [-0.2, 0) is 0 Å². The number of rotatable bonds is 7. The number of nitrogens with zero attached hydrogens (tertiary/aromatic N) is 3. The topological polar surface area (TPSA) is 42.7 Å². The largest absolute Gasteiger partial charge is 0.381 e. The first kappa shape index (κ1) is 13.6. The number of imidazole rings is 1. The van der Waals surface area contributed by atoms with Crippen LogP contribution in [0.1, 0.15) is 39.5 Å². The number of nitrogens with one attached hydrogen (secondary N) is 1. The molecule has 0 saturated carbocycles. The van der Waals surface area contributed by atoms with Crippen molar-refractivity contribution in [2.75, 3.05) is 5.32 Å². The zero-order valence-electron chi connectivity index (χ0n) is 11.7. The van der Waals surface area contributed by atoms with Crippen molar-refractivity contribution in [3.63, 3.8) is 0 Å². The molecular formula is C15H22N4. The Hall–Kier alpha value is -1.84. The smallest absolute Gasteiger partial charge is 0.137 e. The fourth-order valence-corrected chi connectivity index (χ4v) is 2.08. The second-order valence-electron chi connectivity index (χ2n) is 4.92. The molecule has 0 aliphatic rings. The van der Waals surface area contributed by atoms with Crippen LogP contribution >= 0.6 is 0 Å².